The molecular formula is C19H38N2O2. The highest BCUT2D eigenvalue weighted by atomic mass is 16.6. The van der Waals surface area contributed by atoms with Gasteiger partial charge in [-0.2, -0.15) is 0 Å². The Bertz CT molecular complexity index is 351. The highest BCUT2D eigenvalue weighted by Crippen LogP contribution is 2.28. The highest BCUT2D eigenvalue weighted by molar-refractivity contribution is 5.67. The van der Waals surface area contributed by atoms with Crippen LogP contribution >= 0.6 is 0 Å². The Labute approximate surface area is 143 Å². The van der Waals surface area contributed by atoms with E-state index in [-0.39, 0.29) is 11.6 Å². The number of carbonyl (C=O) groups is 1. The van der Waals surface area contributed by atoms with Crippen molar-refractivity contribution in [1.29, 1.82) is 0 Å². The van der Waals surface area contributed by atoms with E-state index < -0.39 is 5.60 Å². The quantitative estimate of drug-likeness (QED) is 0.725. The molecule has 0 spiro atoms. The average molecular weight is 327 g/mol. The molecule has 0 aromatic heterocycles. The van der Waals surface area contributed by atoms with Gasteiger partial charge in [-0.05, 0) is 64.8 Å². The van der Waals surface area contributed by atoms with Gasteiger partial charge in [-0.15, -0.1) is 0 Å². The summed E-state index contributed by atoms with van der Waals surface area (Å²) >= 11 is 0. The Hall–Kier alpha value is -0.770. The molecule has 0 aliphatic heterocycles. The lowest BCUT2D eigenvalue weighted by Crippen LogP contribution is -2.54. The monoisotopic (exact) mass is 326 g/mol. The molecule has 4 nitrogen and oxygen atoms in total. The number of ether oxygens (including phenoxy) is 1. The van der Waals surface area contributed by atoms with Gasteiger partial charge in [0.25, 0.3) is 0 Å². The van der Waals surface area contributed by atoms with Crippen LogP contribution in [0.5, 0.6) is 0 Å². The summed E-state index contributed by atoms with van der Waals surface area (Å²) in [7, 11) is 0. The smallest absolute Gasteiger partial charge is 0.407 e. The maximum absolute atomic E-state index is 11.9. The normalized spacial score (nSPS) is 22.7. The van der Waals surface area contributed by atoms with Crippen LogP contribution in [0.3, 0.4) is 0 Å². The molecule has 1 aliphatic carbocycles. The molecule has 1 fully saturated rings. The van der Waals surface area contributed by atoms with Crippen LogP contribution in [0.25, 0.3) is 0 Å². The minimum atomic E-state index is -0.447. The molecule has 4 heteroatoms. The largest absolute Gasteiger partial charge is 0.444 e. The van der Waals surface area contributed by atoms with E-state index >= 15 is 0 Å². The molecule has 0 atom stereocenters. The Morgan fingerprint density at radius 2 is 1.65 bits per heavy atom. The molecule has 23 heavy (non-hydrogen) atoms. The predicted octanol–water partition coefficient (Wildman–Crippen LogP) is 4.49. The Balaban J connectivity index is 2.46. The second-order valence-corrected chi connectivity index (χ2v) is 8.35. The SMILES string of the molecule is CCC(CC)(CNC(=O)OC(C)(C)C)NCC1CCC(C)CC1. The first kappa shape index (κ1) is 20.3. The second-order valence-electron chi connectivity index (χ2n) is 8.35. The van der Waals surface area contributed by atoms with E-state index in [2.05, 4.69) is 31.4 Å². The average Bonchev–Trinajstić information content (AvgIpc) is 2.48. The zero-order chi connectivity index (χ0) is 17.5. The van der Waals surface area contributed by atoms with Crippen LogP contribution in [0.1, 0.15) is 80.1 Å². The van der Waals surface area contributed by atoms with Crippen molar-refractivity contribution in [2.75, 3.05) is 13.1 Å². The lowest BCUT2D eigenvalue weighted by molar-refractivity contribution is 0.0506. The molecule has 0 aromatic rings. The van der Waals surface area contributed by atoms with Gasteiger partial charge in [0, 0.05) is 12.1 Å². The van der Waals surface area contributed by atoms with E-state index in [0.29, 0.717) is 6.54 Å². The van der Waals surface area contributed by atoms with Gasteiger partial charge < -0.3 is 15.4 Å². The summed E-state index contributed by atoms with van der Waals surface area (Å²) in [5, 5.41) is 6.72. The van der Waals surface area contributed by atoms with Crippen molar-refractivity contribution in [2.24, 2.45) is 11.8 Å². The van der Waals surface area contributed by atoms with Gasteiger partial charge in [-0.3, -0.25) is 0 Å². The predicted molar refractivity (Wildman–Crippen MR) is 96.7 cm³/mol. The maximum Gasteiger partial charge on any atom is 0.407 e. The van der Waals surface area contributed by atoms with Crippen molar-refractivity contribution in [1.82, 2.24) is 10.6 Å². The minimum Gasteiger partial charge on any atom is -0.444 e. The second kappa shape index (κ2) is 8.91. The third-order valence-electron chi connectivity index (χ3n) is 5.22. The van der Waals surface area contributed by atoms with E-state index in [0.717, 1.165) is 31.2 Å². The molecule has 0 radical (unpaired) electrons. The number of hydrogen-bond acceptors (Lipinski definition) is 3. The summed E-state index contributed by atoms with van der Waals surface area (Å²) in [6.07, 6.45) is 7.05. The molecular weight excluding hydrogens is 288 g/mol. The molecule has 1 aliphatic rings. The third kappa shape index (κ3) is 7.56. The minimum absolute atomic E-state index is 0.0278. The fourth-order valence-electron chi connectivity index (χ4n) is 3.26. The Kier molecular flexibility index (Phi) is 7.85. The van der Waals surface area contributed by atoms with Gasteiger partial charge in [0.2, 0.25) is 0 Å². The zero-order valence-corrected chi connectivity index (χ0v) is 16.1. The van der Waals surface area contributed by atoms with Crippen molar-refractivity contribution >= 4 is 6.09 Å². The van der Waals surface area contributed by atoms with Crippen LogP contribution in [0.2, 0.25) is 0 Å². The maximum atomic E-state index is 11.9. The molecule has 1 rings (SSSR count). The third-order valence-corrected chi connectivity index (χ3v) is 5.22. The summed E-state index contributed by atoms with van der Waals surface area (Å²) in [4.78, 5) is 11.9. The van der Waals surface area contributed by atoms with Gasteiger partial charge in [0.05, 0.1) is 0 Å². The summed E-state index contributed by atoms with van der Waals surface area (Å²) in [5.74, 6) is 1.67. The van der Waals surface area contributed by atoms with Gasteiger partial charge in [-0.25, -0.2) is 4.79 Å². The first-order valence-electron chi connectivity index (χ1n) is 9.41. The molecule has 0 heterocycles. The van der Waals surface area contributed by atoms with Crippen LogP contribution in [0.15, 0.2) is 0 Å². The van der Waals surface area contributed by atoms with Crippen LogP contribution in [0, 0.1) is 11.8 Å². The van der Waals surface area contributed by atoms with Crippen molar-refractivity contribution in [2.45, 2.75) is 91.2 Å². The van der Waals surface area contributed by atoms with Gasteiger partial charge in [0.1, 0.15) is 5.60 Å². The molecule has 0 aromatic carbocycles. The first-order valence-corrected chi connectivity index (χ1v) is 9.41. The van der Waals surface area contributed by atoms with Crippen LogP contribution in [-0.2, 0) is 4.74 Å². The van der Waals surface area contributed by atoms with Crippen molar-refractivity contribution in [3.05, 3.63) is 0 Å². The van der Waals surface area contributed by atoms with Crippen LogP contribution in [0.4, 0.5) is 4.79 Å². The number of rotatable bonds is 7. The molecule has 0 saturated heterocycles. The van der Waals surface area contributed by atoms with Crippen LogP contribution in [-0.4, -0.2) is 30.3 Å². The fourth-order valence-corrected chi connectivity index (χ4v) is 3.26. The highest BCUT2D eigenvalue weighted by Gasteiger charge is 2.29. The first-order chi connectivity index (χ1) is 10.7. The van der Waals surface area contributed by atoms with Gasteiger partial charge in [0.15, 0.2) is 0 Å². The van der Waals surface area contributed by atoms with E-state index in [9.17, 15) is 4.79 Å². The molecule has 1 saturated carbocycles. The van der Waals surface area contributed by atoms with Crippen LogP contribution < -0.4 is 10.6 Å². The van der Waals surface area contributed by atoms with E-state index in [1.54, 1.807) is 0 Å². The van der Waals surface area contributed by atoms with E-state index in [4.69, 9.17) is 4.74 Å². The van der Waals surface area contributed by atoms with E-state index in [1.807, 2.05) is 20.8 Å². The molecule has 1 amide bonds. The summed E-state index contributed by atoms with van der Waals surface area (Å²) in [6.45, 7) is 14.1. The standard InChI is InChI=1S/C19H38N2O2/c1-7-19(8-2,14-20-17(22)23-18(4,5)6)21-13-16-11-9-15(3)10-12-16/h15-16,21H,7-14H2,1-6H3,(H,20,22). The fraction of sp³-hybridized carbons (Fsp3) is 0.947. The Morgan fingerprint density at radius 1 is 1.09 bits per heavy atom. The van der Waals surface area contributed by atoms with Gasteiger partial charge in [-0.1, -0.05) is 33.6 Å². The zero-order valence-electron chi connectivity index (χ0n) is 16.1. The summed E-state index contributed by atoms with van der Waals surface area (Å²) < 4.78 is 5.35. The van der Waals surface area contributed by atoms with Crippen molar-refractivity contribution in [3.63, 3.8) is 0 Å². The summed E-state index contributed by atoms with van der Waals surface area (Å²) in [5.41, 5.74) is -0.475. The van der Waals surface area contributed by atoms with E-state index in [1.165, 1.54) is 25.7 Å². The number of alkyl carbamates (subject to hydrolysis) is 1. The lowest BCUT2D eigenvalue weighted by atomic mass is 9.82. The summed E-state index contributed by atoms with van der Waals surface area (Å²) in [6, 6.07) is 0. The molecule has 136 valence electrons. The number of carbonyl (C=O) groups excluding carboxylic acids is 1. The number of amides is 1. The lowest BCUT2D eigenvalue weighted by Gasteiger charge is -2.36. The molecule has 0 bridgehead atoms. The van der Waals surface area contributed by atoms with Gasteiger partial charge >= 0.3 is 6.09 Å². The molecule has 0 unspecified atom stereocenters. The number of nitrogens with one attached hydrogen (secondary N) is 2. The topological polar surface area (TPSA) is 50.4 Å². The van der Waals surface area contributed by atoms with Crippen molar-refractivity contribution < 1.29 is 9.53 Å². The Morgan fingerprint density at radius 3 is 2.13 bits per heavy atom. The molecule has 2 N–H and O–H groups in total. The van der Waals surface area contributed by atoms with Crippen molar-refractivity contribution in [3.8, 4) is 0 Å². The number of hydrogen-bond donors (Lipinski definition) is 2.